The third kappa shape index (κ3) is 7.84. The lowest BCUT2D eigenvalue weighted by Crippen LogP contribution is -2.15. The van der Waals surface area contributed by atoms with Crippen molar-refractivity contribution in [3.8, 4) is 17.0 Å². The number of ether oxygens (including phenoxy) is 1. The molecule has 1 unspecified atom stereocenters. The molecule has 5 N–H and O–H groups in total. The molecule has 1 aliphatic heterocycles. The molecule has 2 aromatic heterocycles. The van der Waals surface area contributed by atoms with Gasteiger partial charge in [-0.3, -0.25) is 19.0 Å². The van der Waals surface area contributed by atoms with Crippen molar-refractivity contribution in [2.24, 2.45) is 5.73 Å². The number of carboxylic acid groups (broad SMARTS) is 1. The van der Waals surface area contributed by atoms with Gasteiger partial charge in [0.1, 0.15) is 5.82 Å². The number of aliphatic carboxylic acids is 1. The van der Waals surface area contributed by atoms with E-state index in [-0.39, 0.29) is 17.5 Å². The van der Waals surface area contributed by atoms with Crippen molar-refractivity contribution in [2.75, 3.05) is 26.0 Å². The van der Waals surface area contributed by atoms with Gasteiger partial charge in [0.05, 0.1) is 36.2 Å². The molecule has 1 saturated heterocycles. The second kappa shape index (κ2) is 15.9. The lowest BCUT2D eigenvalue weighted by Gasteiger charge is -2.09. The molecule has 4 aromatic rings. The fourth-order valence-electron chi connectivity index (χ4n) is 4.06. The van der Waals surface area contributed by atoms with E-state index in [1.165, 1.54) is 26.3 Å². The van der Waals surface area contributed by atoms with Crippen LogP contribution in [0.25, 0.3) is 16.8 Å². The number of rotatable bonds is 5. The van der Waals surface area contributed by atoms with Crippen LogP contribution in [0.3, 0.4) is 0 Å². The Morgan fingerprint density at radius 3 is 2.45 bits per heavy atom. The van der Waals surface area contributed by atoms with Gasteiger partial charge in [-0.1, -0.05) is 32.0 Å². The lowest BCUT2D eigenvalue weighted by molar-refractivity contribution is -0.134. The SMILES string of the molecule is CC.CC(=O)O.CN.COc1cccc(NC(=O)c2ccc(-c3nc(C4CCCN4)n4ccncc34)cc2)c1F. The quantitative estimate of drug-likeness (QED) is 0.273. The van der Waals surface area contributed by atoms with E-state index >= 15 is 0 Å². The highest BCUT2D eigenvalue weighted by Gasteiger charge is 2.23. The summed E-state index contributed by atoms with van der Waals surface area (Å²) in [5, 5.41) is 13.5. The van der Waals surface area contributed by atoms with E-state index in [9.17, 15) is 9.18 Å². The first-order valence-corrected chi connectivity index (χ1v) is 13.0. The smallest absolute Gasteiger partial charge is 0.300 e. The van der Waals surface area contributed by atoms with E-state index < -0.39 is 17.7 Å². The Balaban J connectivity index is 0.000000634. The fourth-order valence-corrected chi connectivity index (χ4v) is 4.06. The van der Waals surface area contributed by atoms with Crippen molar-refractivity contribution >= 4 is 23.1 Å². The number of methoxy groups -OCH3 is 1. The van der Waals surface area contributed by atoms with E-state index in [1.807, 2.05) is 32.2 Å². The molecule has 0 bridgehead atoms. The molecular formula is C29H37FN6O4. The van der Waals surface area contributed by atoms with E-state index in [1.54, 1.807) is 30.6 Å². The third-order valence-corrected chi connectivity index (χ3v) is 5.70. The van der Waals surface area contributed by atoms with Crippen molar-refractivity contribution in [2.45, 2.75) is 39.7 Å². The summed E-state index contributed by atoms with van der Waals surface area (Å²) in [5.74, 6) is -0.808. The summed E-state index contributed by atoms with van der Waals surface area (Å²) >= 11 is 0. The van der Waals surface area contributed by atoms with Gasteiger partial charge in [-0.15, -0.1) is 0 Å². The van der Waals surface area contributed by atoms with Gasteiger partial charge in [0, 0.05) is 30.4 Å². The standard InChI is InChI=1S/C24H22FN5O2.C2H4O2.C2H6.CH5N/c1-32-20-6-2-4-17(21(20)25)28-24(31)16-9-7-15(8-10-16)22-19-14-26-12-13-30(19)23(29-22)18-5-3-11-27-18;1-2(3)4;2*1-2/h2,4,6-10,12-14,18,27H,3,5,11H2,1H3,(H,28,31);1H3,(H,3,4);1-2H3;2H2,1H3. The molecule has 214 valence electrons. The van der Waals surface area contributed by atoms with E-state index in [4.69, 9.17) is 19.6 Å². The Hall–Kier alpha value is -4.35. The highest BCUT2D eigenvalue weighted by molar-refractivity contribution is 6.04. The van der Waals surface area contributed by atoms with Gasteiger partial charge in [0.2, 0.25) is 0 Å². The van der Waals surface area contributed by atoms with Crippen molar-refractivity contribution < 1.29 is 23.8 Å². The van der Waals surface area contributed by atoms with Gasteiger partial charge in [0.15, 0.2) is 11.6 Å². The Bertz CT molecular complexity index is 1380. The van der Waals surface area contributed by atoms with Crippen LogP contribution >= 0.6 is 0 Å². The summed E-state index contributed by atoms with van der Waals surface area (Å²) in [6, 6.07) is 11.9. The van der Waals surface area contributed by atoms with Crippen molar-refractivity contribution in [3.63, 3.8) is 0 Å². The number of nitrogens with two attached hydrogens (primary N) is 1. The number of carboxylic acids is 1. The summed E-state index contributed by atoms with van der Waals surface area (Å²) < 4.78 is 21.4. The topological polar surface area (TPSA) is 144 Å². The molecule has 3 heterocycles. The number of fused-ring (bicyclic) bond motifs is 1. The molecule has 10 nitrogen and oxygen atoms in total. The van der Waals surface area contributed by atoms with Crippen LogP contribution < -0.4 is 21.1 Å². The summed E-state index contributed by atoms with van der Waals surface area (Å²) in [4.78, 5) is 30.8. The number of nitrogens with one attached hydrogen (secondary N) is 2. The predicted molar refractivity (Wildman–Crippen MR) is 154 cm³/mol. The summed E-state index contributed by atoms with van der Waals surface area (Å²) in [5.41, 5.74) is 7.58. The van der Waals surface area contributed by atoms with Crippen molar-refractivity contribution in [3.05, 3.63) is 78.3 Å². The van der Waals surface area contributed by atoms with E-state index in [2.05, 4.69) is 25.8 Å². The summed E-state index contributed by atoms with van der Waals surface area (Å²) in [7, 11) is 2.88. The Morgan fingerprint density at radius 2 is 1.85 bits per heavy atom. The van der Waals surface area contributed by atoms with Crippen LogP contribution in [0.2, 0.25) is 0 Å². The molecule has 0 spiro atoms. The minimum atomic E-state index is -0.833. The second-order valence-corrected chi connectivity index (χ2v) is 8.17. The Labute approximate surface area is 233 Å². The Kier molecular flexibility index (Phi) is 12.7. The number of halogens is 1. The molecule has 0 saturated carbocycles. The number of amides is 1. The van der Waals surface area contributed by atoms with Crippen LogP contribution in [0.1, 0.15) is 55.8 Å². The average molecular weight is 553 g/mol. The molecule has 40 heavy (non-hydrogen) atoms. The zero-order valence-corrected chi connectivity index (χ0v) is 23.4. The minimum Gasteiger partial charge on any atom is -0.494 e. The number of imidazole rings is 1. The average Bonchev–Trinajstić information content (AvgIpc) is 3.65. The number of carbonyl (C=O) groups is 2. The van der Waals surface area contributed by atoms with Gasteiger partial charge >= 0.3 is 0 Å². The highest BCUT2D eigenvalue weighted by atomic mass is 19.1. The molecule has 0 radical (unpaired) electrons. The maximum absolute atomic E-state index is 14.4. The molecule has 1 amide bonds. The minimum absolute atomic E-state index is 0.0679. The molecule has 1 aliphatic rings. The first kappa shape index (κ1) is 31.9. The molecule has 5 rings (SSSR count). The van der Waals surface area contributed by atoms with E-state index in [0.29, 0.717) is 5.56 Å². The van der Waals surface area contributed by atoms with Crippen LogP contribution in [0.15, 0.2) is 61.1 Å². The number of hydrogen-bond acceptors (Lipinski definition) is 7. The monoisotopic (exact) mass is 552 g/mol. The largest absolute Gasteiger partial charge is 0.494 e. The molecule has 1 atom stereocenters. The normalized spacial score (nSPS) is 13.5. The Morgan fingerprint density at radius 1 is 1.18 bits per heavy atom. The first-order chi connectivity index (χ1) is 19.4. The van der Waals surface area contributed by atoms with Gasteiger partial charge in [-0.25, -0.2) is 9.37 Å². The number of carbonyl (C=O) groups excluding carboxylic acids is 1. The number of benzene rings is 2. The van der Waals surface area contributed by atoms with Crippen LogP contribution in [-0.4, -0.2) is 52.1 Å². The van der Waals surface area contributed by atoms with Crippen LogP contribution in [0.5, 0.6) is 5.75 Å². The van der Waals surface area contributed by atoms with Crippen molar-refractivity contribution in [1.29, 1.82) is 0 Å². The first-order valence-electron chi connectivity index (χ1n) is 13.0. The molecule has 1 fully saturated rings. The highest BCUT2D eigenvalue weighted by Crippen LogP contribution is 2.30. The number of hydrogen-bond donors (Lipinski definition) is 4. The third-order valence-electron chi connectivity index (χ3n) is 5.70. The predicted octanol–water partition coefficient (Wildman–Crippen LogP) is 4.91. The summed E-state index contributed by atoms with van der Waals surface area (Å²) in [6.45, 7) is 6.07. The zero-order chi connectivity index (χ0) is 29.7. The number of nitrogens with zero attached hydrogens (tertiary/aromatic N) is 3. The molecular weight excluding hydrogens is 515 g/mol. The van der Waals surface area contributed by atoms with Crippen LogP contribution in [0, 0.1) is 5.82 Å². The van der Waals surface area contributed by atoms with Gasteiger partial charge in [0.25, 0.3) is 11.9 Å². The molecule has 0 aliphatic carbocycles. The van der Waals surface area contributed by atoms with Gasteiger partial charge < -0.3 is 26.2 Å². The van der Waals surface area contributed by atoms with Crippen LogP contribution in [-0.2, 0) is 4.79 Å². The van der Waals surface area contributed by atoms with E-state index in [0.717, 1.165) is 48.9 Å². The fraction of sp³-hybridized carbons (Fsp3) is 0.310. The second-order valence-electron chi connectivity index (χ2n) is 8.17. The lowest BCUT2D eigenvalue weighted by atomic mass is 10.1. The molecule has 2 aromatic carbocycles. The maximum Gasteiger partial charge on any atom is 0.300 e. The van der Waals surface area contributed by atoms with Crippen LogP contribution in [0.4, 0.5) is 10.1 Å². The zero-order valence-electron chi connectivity index (χ0n) is 23.4. The summed E-state index contributed by atoms with van der Waals surface area (Å²) in [6.07, 6.45) is 7.64. The van der Waals surface area contributed by atoms with Gasteiger partial charge in [-0.05, 0) is 50.7 Å². The molecule has 11 heteroatoms. The number of aromatic nitrogens is 3. The van der Waals surface area contributed by atoms with Gasteiger partial charge in [-0.2, -0.15) is 0 Å². The number of anilines is 1. The maximum atomic E-state index is 14.4. The van der Waals surface area contributed by atoms with Crippen molar-refractivity contribution in [1.82, 2.24) is 19.7 Å².